The summed E-state index contributed by atoms with van der Waals surface area (Å²) in [4.78, 5) is 6.42. The van der Waals surface area contributed by atoms with Gasteiger partial charge >= 0.3 is 0 Å². The lowest BCUT2D eigenvalue weighted by molar-refractivity contribution is 0.108. The monoisotopic (exact) mass is 462 g/mol. The molecular weight excluding hydrogens is 427 g/mol. The summed E-state index contributed by atoms with van der Waals surface area (Å²) in [6.07, 6.45) is 0.979. The minimum atomic E-state index is 0. The minimum Gasteiger partial charge on any atom is -0.381 e. The van der Waals surface area contributed by atoms with Crippen molar-refractivity contribution in [3.63, 3.8) is 0 Å². The van der Waals surface area contributed by atoms with Crippen molar-refractivity contribution in [1.29, 1.82) is 0 Å². The van der Waals surface area contributed by atoms with E-state index in [-0.39, 0.29) is 24.0 Å². The lowest BCUT2D eigenvalue weighted by atomic mass is 10.1. The zero-order valence-electron chi connectivity index (χ0n) is 16.3. The van der Waals surface area contributed by atoms with E-state index >= 15 is 0 Å². The Hall–Kier alpha value is -0.860. The summed E-state index contributed by atoms with van der Waals surface area (Å²) in [5.41, 5.74) is 2.58. The number of nitrogens with one attached hydrogen (secondary N) is 2. The van der Waals surface area contributed by atoms with E-state index in [0.29, 0.717) is 5.92 Å². The van der Waals surface area contributed by atoms with Gasteiger partial charge in [0.2, 0.25) is 0 Å². The molecule has 0 bridgehead atoms. The van der Waals surface area contributed by atoms with E-state index in [2.05, 4.69) is 72.7 Å². The van der Waals surface area contributed by atoms with Crippen LogP contribution in [0.2, 0.25) is 0 Å². The van der Waals surface area contributed by atoms with Gasteiger partial charge in [0.1, 0.15) is 0 Å². The first-order chi connectivity index (χ1) is 11.5. The maximum absolute atomic E-state index is 5.57. The van der Waals surface area contributed by atoms with Crippen LogP contribution in [-0.2, 0) is 17.8 Å². The molecular formula is C19H35IN4O. The molecule has 0 aliphatic carbocycles. The normalized spacial score (nSPS) is 11.6. The number of ether oxygens (including phenoxy) is 1. The molecule has 1 aromatic carbocycles. The molecule has 0 saturated carbocycles. The molecule has 0 radical (unpaired) electrons. The van der Waals surface area contributed by atoms with Crippen LogP contribution in [0, 0.1) is 5.92 Å². The average Bonchev–Trinajstić information content (AvgIpc) is 2.54. The van der Waals surface area contributed by atoms with Gasteiger partial charge in [0.15, 0.2) is 5.96 Å². The number of benzene rings is 1. The number of rotatable bonds is 10. The summed E-state index contributed by atoms with van der Waals surface area (Å²) >= 11 is 0. The second kappa shape index (κ2) is 14.3. The van der Waals surface area contributed by atoms with Gasteiger partial charge in [-0.3, -0.25) is 4.99 Å². The maximum Gasteiger partial charge on any atom is 0.191 e. The van der Waals surface area contributed by atoms with Crippen molar-refractivity contribution in [2.75, 3.05) is 40.9 Å². The largest absolute Gasteiger partial charge is 0.381 e. The van der Waals surface area contributed by atoms with Crippen LogP contribution >= 0.6 is 24.0 Å². The minimum absolute atomic E-state index is 0. The highest BCUT2D eigenvalue weighted by Crippen LogP contribution is 2.05. The highest BCUT2D eigenvalue weighted by atomic mass is 127. The second-order valence-electron chi connectivity index (χ2n) is 6.73. The fourth-order valence-electron chi connectivity index (χ4n) is 2.23. The number of hydrogen-bond donors (Lipinski definition) is 2. The molecule has 0 unspecified atom stereocenters. The van der Waals surface area contributed by atoms with Gasteiger partial charge in [-0.1, -0.05) is 38.1 Å². The van der Waals surface area contributed by atoms with Gasteiger partial charge in [0.25, 0.3) is 0 Å². The Morgan fingerprint density at radius 1 is 1.12 bits per heavy atom. The van der Waals surface area contributed by atoms with Crippen LogP contribution in [0.15, 0.2) is 29.3 Å². The molecule has 0 heterocycles. The van der Waals surface area contributed by atoms with Crippen molar-refractivity contribution in [3.8, 4) is 0 Å². The molecule has 144 valence electrons. The van der Waals surface area contributed by atoms with Gasteiger partial charge in [-0.05, 0) is 37.6 Å². The van der Waals surface area contributed by atoms with Gasteiger partial charge in [0, 0.05) is 39.9 Å². The zero-order valence-corrected chi connectivity index (χ0v) is 18.7. The smallest absolute Gasteiger partial charge is 0.191 e. The molecule has 0 aliphatic heterocycles. The van der Waals surface area contributed by atoms with Crippen LogP contribution in [0.1, 0.15) is 31.4 Å². The number of nitrogens with zero attached hydrogens (tertiary/aromatic N) is 2. The Kier molecular flexibility index (Phi) is 13.8. The lowest BCUT2D eigenvalue weighted by Gasteiger charge is -2.13. The van der Waals surface area contributed by atoms with Crippen LogP contribution < -0.4 is 10.6 Å². The predicted octanol–water partition coefficient (Wildman–Crippen LogP) is 3.09. The predicted molar refractivity (Wildman–Crippen MR) is 118 cm³/mol. The number of guanidine groups is 1. The molecule has 5 nitrogen and oxygen atoms in total. The van der Waals surface area contributed by atoms with Crippen LogP contribution in [0.3, 0.4) is 0 Å². The molecule has 0 spiro atoms. The van der Waals surface area contributed by atoms with Gasteiger partial charge in [-0.15, -0.1) is 24.0 Å². The fourth-order valence-corrected chi connectivity index (χ4v) is 2.23. The Morgan fingerprint density at radius 3 is 2.32 bits per heavy atom. The molecule has 6 heteroatoms. The van der Waals surface area contributed by atoms with E-state index in [4.69, 9.17) is 4.74 Å². The summed E-state index contributed by atoms with van der Waals surface area (Å²) in [7, 11) is 5.96. The Bertz CT molecular complexity index is 475. The summed E-state index contributed by atoms with van der Waals surface area (Å²) in [6.45, 7) is 8.54. The first-order valence-corrected chi connectivity index (χ1v) is 8.76. The molecule has 0 fully saturated rings. The molecule has 25 heavy (non-hydrogen) atoms. The highest BCUT2D eigenvalue weighted by Gasteiger charge is 2.00. The van der Waals surface area contributed by atoms with Gasteiger partial charge in [0.05, 0.1) is 0 Å². The van der Waals surface area contributed by atoms with Gasteiger partial charge in [-0.25, -0.2) is 0 Å². The second-order valence-corrected chi connectivity index (χ2v) is 6.73. The zero-order chi connectivity index (χ0) is 17.8. The van der Waals surface area contributed by atoms with Crippen LogP contribution in [0.25, 0.3) is 0 Å². The first kappa shape index (κ1) is 24.1. The van der Waals surface area contributed by atoms with E-state index in [0.717, 1.165) is 45.2 Å². The third-order valence-electron chi connectivity index (χ3n) is 3.41. The molecule has 0 aromatic heterocycles. The summed E-state index contributed by atoms with van der Waals surface area (Å²) < 4.78 is 5.57. The Balaban J connectivity index is 0.00000576. The van der Waals surface area contributed by atoms with Crippen LogP contribution in [-0.4, -0.2) is 51.8 Å². The lowest BCUT2D eigenvalue weighted by Crippen LogP contribution is -2.37. The van der Waals surface area contributed by atoms with E-state index in [9.17, 15) is 0 Å². The molecule has 1 aromatic rings. The standard InChI is InChI=1S/C19H34N4O.HI/c1-16(2)15-24-12-6-11-21-19(20-3)22-13-17-7-9-18(10-8-17)14-23(4)5;/h7-10,16H,6,11-15H2,1-5H3,(H2,20,21,22);1H. The van der Waals surface area contributed by atoms with Crippen molar-refractivity contribution >= 4 is 29.9 Å². The third-order valence-corrected chi connectivity index (χ3v) is 3.41. The first-order valence-electron chi connectivity index (χ1n) is 8.76. The molecule has 0 amide bonds. The molecule has 1 rings (SSSR count). The number of halogens is 1. The van der Waals surface area contributed by atoms with E-state index in [1.165, 1.54) is 11.1 Å². The highest BCUT2D eigenvalue weighted by molar-refractivity contribution is 14.0. The summed E-state index contributed by atoms with van der Waals surface area (Å²) in [6, 6.07) is 8.69. The van der Waals surface area contributed by atoms with E-state index in [1.54, 1.807) is 7.05 Å². The van der Waals surface area contributed by atoms with Crippen LogP contribution in [0.4, 0.5) is 0 Å². The molecule has 0 aliphatic rings. The summed E-state index contributed by atoms with van der Waals surface area (Å²) in [5.74, 6) is 1.42. The Labute approximate surface area is 170 Å². The van der Waals surface area contributed by atoms with Crippen molar-refractivity contribution < 1.29 is 4.74 Å². The van der Waals surface area contributed by atoms with Crippen molar-refractivity contribution in [2.24, 2.45) is 10.9 Å². The Morgan fingerprint density at radius 2 is 1.76 bits per heavy atom. The van der Waals surface area contributed by atoms with E-state index in [1.807, 2.05) is 0 Å². The summed E-state index contributed by atoms with van der Waals surface area (Å²) in [5, 5.41) is 6.66. The SMILES string of the molecule is CN=C(NCCCOCC(C)C)NCc1ccc(CN(C)C)cc1.I. The molecule has 0 saturated heterocycles. The van der Waals surface area contributed by atoms with Crippen molar-refractivity contribution in [1.82, 2.24) is 15.5 Å². The molecule has 2 N–H and O–H groups in total. The van der Waals surface area contributed by atoms with Crippen molar-refractivity contribution in [2.45, 2.75) is 33.4 Å². The van der Waals surface area contributed by atoms with Gasteiger partial charge < -0.3 is 20.3 Å². The quantitative estimate of drug-likeness (QED) is 0.243. The third kappa shape index (κ3) is 12.2. The topological polar surface area (TPSA) is 48.9 Å². The number of hydrogen-bond acceptors (Lipinski definition) is 3. The molecule has 0 atom stereocenters. The fraction of sp³-hybridized carbons (Fsp3) is 0.632. The average molecular weight is 462 g/mol. The van der Waals surface area contributed by atoms with Crippen molar-refractivity contribution in [3.05, 3.63) is 35.4 Å². The number of aliphatic imine (C=N–C) groups is 1. The maximum atomic E-state index is 5.57. The van der Waals surface area contributed by atoms with Gasteiger partial charge in [-0.2, -0.15) is 0 Å². The van der Waals surface area contributed by atoms with Crippen LogP contribution in [0.5, 0.6) is 0 Å². The van der Waals surface area contributed by atoms with E-state index < -0.39 is 0 Å².